The first kappa shape index (κ1) is 17.6. The fourth-order valence-corrected chi connectivity index (χ4v) is 2.96. The fourth-order valence-electron chi connectivity index (χ4n) is 2.96. The van der Waals surface area contributed by atoms with Crippen molar-refractivity contribution in [3.05, 3.63) is 77.1 Å². The molecule has 0 aliphatic carbocycles. The third kappa shape index (κ3) is 3.42. The van der Waals surface area contributed by atoms with E-state index in [1.807, 2.05) is 55.5 Å². The van der Waals surface area contributed by atoms with Crippen molar-refractivity contribution in [2.45, 2.75) is 27.2 Å². The Balaban J connectivity index is 1.88. The van der Waals surface area contributed by atoms with Crippen LogP contribution in [0.15, 0.2) is 54.6 Å². The third-order valence-corrected chi connectivity index (χ3v) is 4.32. The van der Waals surface area contributed by atoms with E-state index in [1.54, 1.807) is 24.6 Å². The van der Waals surface area contributed by atoms with Crippen LogP contribution in [0.3, 0.4) is 0 Å². The van der Waals surface area contributed by atoms with Gasteiger partial charge in [-0.3, -0.25) is 9.59 Å². The Labute approximate surface area is 152 Å². The van der Waals surface area contributed by atoms with Crippen LogP contribution in [0.1, 0.15) is 34.2 Å². The number of anilines is 1. The largest absolute Gasteiger partial charge is 0.319 e. The van der Waals surface area contributed by atoms with Gasteiger partial charge >= 0.3 is 0 Å². The highest BCUT2D eigenvalue weighted by Crippen LogP contribution is 2.19. The molecule has 5 heteroatoms. The standard InChI is InChI=1S/C21H21N3O2/c1-4-16-9-8-10-17(13-16)22-21(26)20(25)19-14(2)23-24(15(19)3)18-11-6-5-7-12-18/h5-13H,4H2,1-3H3,(H,22,26). The van der Waals surface area contributed by atoms with Gasteiger partial charge in [0.25, 0.3) is 11.7 Å². The number of nitrogens with one attached hydrogen (secondary N) is 1. The van der Waals surface area contributed by atoms with Gasteiger partial charge in [-0.25, -0.2) is 4.68 Å². The van der Waals surface area contributed by atoms with Crippen LogP contribution < -0.4 is 5.32 Å². The maximum absolute atomic E-state index is 12.7. The molecule has 1 heterocycles. The van der Waals surface area contributed by atoms with Crippen molar-refractivity contribution in [3.63, 3.8) is 0 Å². The van der Waals surface area contributed by atoms with Crippen LogP contribution in [0, 0.1) is 13.8 Å². The molecule has 3 rings (SSSR count). The summed E-state index contributed by atoms with van der Waals surface area (Å²) < 4.78 is 1.69. The molecule has 1 aromatic heterocycles. The Bertz CT molecular complexity index is 959. The van der Waals surface area contributed by atoms with E-state index in [-0.39, 0.29) is 0 Å². The molecular formula is C21H21N3O2. The number of hydrogen-bond acceptors (Lipinski definition) is 3. The molecule has 26 heavy (non-hydrogen) atoms. The van der Waals surface area contributed by atoms with Crippen molar-refractivity contribution in [2.75, 3.05) is 5.32 Å². The number of aromatic nitrogens is 2. The van der Waals surface area contributed by atoms with Crippen molar-refractivity contribution >= 4 is 17.4 Å². The van der Waals surface area contributed by atoms with E-state index in [1.165, 1.54) is 0 Å². The van der Waals surface area contributed by atoms with Gasteiger partial charge in [0.1, 0.15) is 0 Å². The highest BCUT2D eigenvalue weighted by atomic mass is 16.2. The van der Waals surface area contributed by atoms with Gasteiger partial charge in [-0.2, -0.15) is 5.10 Å². The molecule has 3 aromatic rings. The van der Waals surface area contributed by atoms with Gasteiger partial charge < -0.3 is 5.32 Å². The van der Waals surface area contributed by atoms with Gasteiger partial charge in [0, 0.05) is 5.69 Å². The summed E-state index contributed by atoms with van der Waals surface area (Å²) in [5.41, 5.74) is 4.10. The first-order valence-corrected chi connectivity index (χ1v) is 8.57. The minimum Gasteiger partial charge on any atom is -0.319 e. The van der Waals surface area contributed by atoms with Gasteiger partial charge in [0.2, 0.25) is 0 Å². The van der Waals surface area contributed by atoms with Crippen LogP contribution in [-0.2, 0) is 11.2 Å². The lowest BCUT2D eigenvalue weighted by molar-refractivity contribution is -0.112. The average Bonchev–Trinajstić information content (AvgIpc) is 2.96. The molecule has 0 radical (unpaired) electrons. The summed E-state index contributed by atoms with van der Waals surface area (Å²) in [5.74, 6) is -1.24. The molecule has 132 valence electrons. The molecule has 0 saturated carbocycles. The van der Waals surface area contributed by atoms with Crippen LogP contribution in [0.4, 0.5) is 5.69 Å². The number of hydrogen-bond donors (Lipinski definition) is 1. The summed E-state index contributed by atoms with van der Waals surface area (Å²) in [7, 11) is 0. The zero-order valence-electron chi connectivity index (χ0n) is 15.1. The Hall–Kier alpha value is -3.21. The highest BCUT2D eigenvalue weighted by molar-refractivity contribution is 6.47. The van der Waals surface area contributed by atoms with Gasteiger partial charge in [-0.05, 0) is 50.1 Å². The number of para-hydroxylation sites is 1. The van der Waals surface area contributed by atoms with E-state index in [9.17, 15) is 9.59 Å². The molecule has 0 atom stereocenters. The number of ketones is 1. The van der Waals surface area contributed by atoms with Crippen LogP contribution in [0.5, 0.6) is 0 Å². The van der Waals surface area contributed by atoms with E-state index >= 15 is 0 Å². The summed E-state index contributed by atoms with van der Waals surface area (Å²) in [6.07, 6.45) is 0.861. The number of benzene rings is 2. The number of rotatable bonds is 5. The van der Waals surface area contributed by atoms with Crippen molar-refractivity contribution in [1.29, 1.82) is 0 Å². The first-order valence-electron chi connectivity index (χ1n) is 8.57. The molecule has 0 aliphatic heterocycles. The highest BCUT2D eigenvalue weighted by Gasteiger charge is 2.25. The average molecular weight is 347 g/mol. The number of carbonyl (C=O) groups is 2. The van der Waals surface area contributed by atoms with E-state index in [0.29, 0.717) is 22.6 Å². The molecule has 0 unspecified atom stereocenters. The lowest BCUT2D eigenvalue weighted by atomic mass is 10.1. The van der Waals surface area contributed by atoms with Crippen molar-refractivity contribution in [2.24, 2.45) is 0 Å². The molecule has 5 nitrogen and oxygen atoms in total. The number of nitrogens with zero attached hydrogens (tertiary/aromatic N) is 2. The topological polar surface area (TPSA) is 64.0 Å². The third-order valence-electron chi connectivity index (χ3n) is 4.32. The minimum absolute atomic E-state index is 0.345. The van der Waals surface area contributed by atoms with Crippen LogP contribution >= 0.6 is 0 Å². The monoisotopic (exact) mass is 347 g/mol. The second-order valence-electron chi connectivity index (χ2n) is 6.13. The first-order chi connectivity index (χ1) is 12.5. The predicted octanol–water partition coefficient (Wildman–Crippen LogP) is 3.87. The lowest BCUT2D eigenvalue weighted by Crippen LogP contribution is -2.24. The van der Waals surface area contributed by atoms with E-state index < -0.39 is 11.7 Å². The number of amides is 1. The summed E-state index contributed by atoms with van der Waals surface area (Å²) in [6.45, 7) is 5.58. The van der Waals surface area contributed by atoms with Gasteiger partial charge in [0.15, 0.2) is 0 Å². The van der Waals surface area contributed by atoms with E-state index in [4.69, 9.17) is 0 Å². The predicted molar refractivity (Wildman–Crippen MR) is 102 cm³/mol. The Morgan fingerprint density at radius 1 is 1.04 bits per heavy atom. The van der Waals surface area contributed by atoms with Crippen LogP contribution in [0.2, 0.25) is 0 Å². The molecule has 1 amide bonds. The zero-order valence-corrected chi connectivity index (χ0v) is 15.1. The molecule has 0 bridgehead atoms. The summed E-state index contributed by atoms with van der Waals surface area (Å²) in [5, 5.41) is 7.13. The summed E-state index contributed by atoms with van der Waals surface area (Å²) >= 11 is 0. The van der Waals surface area contributed by atoms with Crippen LogP contribution in [0.25, 0.3) is 5.69 Å². The number of aryl methyl sites for hydroxylation is 2. The van der Waals surface area contributed by atoms with Gasteiger partial charge in [-0.15, -0.1) is 0 Å². The van der Waals surface area contributed by atoms with Crippen molar-refractivity contribution < 1.29 is 9.59 Å². The Morgan fingerprint density at radius 3 is 2.46 bits per heavy atom. The summed E-state index contributed by atoms with van der Waals surface area (Å²) in [4.78, 5) is 25.2. The number of Topliss-reactive ketones (excluding diaryl/α,β-unsaturated/α-hetero) is 1. The molecule has 0 spiro atoms. The van der Waals surface area contributed by atoms with Crippen molar-refractivity contribution in [1.82, 2.24) is 9.78 Å². The second-order valence-corrected chi connectivity index (χ2v) is 6.13. The van der Waals surface area contributed by atoms with Crippen molar-refractivity contribution in [3.8, 4) is 5.69 Å². The molecule has 1 N–H and O–H groups in total. The maximum Gasteiger partial charge on any atom is 0.296 e. The molecule has 0 saturated heterocycles. The molecule has 0 aliphatic rings. The maximum atomic E-state index is 12.7. The SMILES string of the molecule is CCc1cccc(NC(=O)C(=O)c2c(C)nn(-c3ccccc3)c2C)c1. The van der Waals surface area contributed by atoms with Crippen LogP contribution in [-0.4, -0.2) is 21.5 Å². The minimum atomic E-state index is -0.655. The molecule has 0 fully saturated rings. The van der Waals surface area contributed by atoms with E-state index in [2.05, 4.69) is 10.4 Å². The smallest absolute Gasteiger partial charge is 0.296 e. The van der Waals surface area contributed by atoms with E-state index in [0.717, 1.165) is 17.7 Å². The normalized spacial score (nSPS) is 10.6. The van der Waals surface area contributed by atoms with Gasteiger partial charge in [0.05, 0.1) is 22.6 Å². The second kappa shape index (κ2) is 7.35. The Morgan fingerprint density at radius 2 is 1.77 bits per heavy atom. The molecule has 2 aromatic carbocycles. The fraction of sp³-hybridized carbons (Fsp3) is 0.190. The summed E-state index contributed by atoms with van der Waals surface area (Å²) in [6, 6.07) is 17.0. The van der Waals surface area contributed by atoms with Gasteiger partial charge in [-0.1, -0.05) is 37.3 Å². The number of carbonyl (C=O) groups excluding carboxylic acids is 2. The molecular weight excluding hydrogens is 326 g/mol. The quantitative estimate of drug-likeness (QED) is 0.563. The zero-order chi connectivity index (χ0) is 18.7. The Kier molecular flexibility index (Phi) is 4.98. The lowest BCUT2D eigenvalue weighted by Gasteiger charge is -2.07.